The number of carbonyl (C=O) groups is 3. The summed E-state index contributed by atoms with van der Waals surface area (Å²) in [6, 6.07) is 26.5. The van der Waals surface area contributed by atoms with E-state index in [-0.39, 0.29) is 24.8 Å². The van der Waals surface area contributed by atoms with E-state index in [0.29, 0.717) is 26.1 Å². The van der Waals surface area contributed by atoms with Gasteiger partial charge in [-0.15, -0.1) is 0 Å². The van der Waals surface area contributed by atoms with Crippen LogP contribution in [-0.2, 0) is 24.2 Å². The van der Waals surface area contributed by atoms with Crippen LogP contribution in [0.25, 0.3) is 11.3 Å². The van der Waals surface area contributed by atoms with Gasteiger partial charge in [0.1, 0.15) is 6.04 Å². The Hall–Kier alpha value is -5.29. The number of amides is 4. The second kappa shape index (κ2) is 17.5. The van der Waals surface area contributed by atoms with Gasteiger partial charge in [-0.3, -0.25) is 19.7 Å². The number of rotatable bonds is 14. The first-order valence-corrected chi connectivity index (χ1v) is 19.0. The second-order valence-corrected chi connectivity index (χ2v) is 16.6. The number of carbonyl (C=O) groups excluding carboxylic acids is 2. The van der Waals surface area contributed by atoms with Crippen LogP contribution < -0.4 is 5.32 Å². The van der Waals surface area contributed by atoms with Gasteiger partial charge in [0.2, 0.25) is 5.91 Å². The summed E-state index contributed by atoms with van der Waals surface area (Å²) >= 11 is 0. The summed E-state index contributed by atoms with van der Waals surface area (Å²) in [5.41, 5.74) is 3.79. The Labute approximate surface area is 325 Å². The van der Waals surface area contributed by atoms with Gasteiger partial charge < -0.3 is 25.3 Å². The van der Waals surface area contributed by atoms with Gasteiger partial charge in [0.25, 0.3) is 0 Å². The van der Waals surface area contributed by atoms with E-state index in [1.807, 2.05) is 139 Å². The van der Waals surface area contributed by atoms with Gasteiger partial charge in [0.15, 0.2) is 0 Å². The van der Waals surface area contributed by atoms with Crippen LogP contribution in [-0.4, -0.2) is 95.8 Å². The smallest absolute Gasteiger partial charge is 0.408 e. The van der Waals surface area contributed by atoms with Gasteiger partial charge in [-0.1, -0.05) is 87.5 Å². The van der Waals surface area contributed by atoms with Gasteiger partial charge in [-0.2, -0.15) is 0 Å². The molecule has 1 fully saturated rings. The molecule has 55 heavy (non-hydrogen) atoms. The molecule has 0 spiro atoms. The fourth-order valence-corrected chi connectivity index (χ4v) is 7.61. The lowest BCUT2D eigenvalue weighted by Crippen LogP contribution is -2.59. The lowest BCUT2D eigenvalue weighted by molar-refractivity contribution is -0.129. The number of pyridine rings is 2. The SMILES string of the molecule is Cc1cccc(CN2CCN([C@H](C(=O)N[C@H](Cc3ccc(-c4ccccn4)cc3)C[C@H](O)[C@H](Cc3ccccc3)N(C(=O)O)C(C)(C)C)C(C)(C)C)C2=O)n1. The normalized spacial score (nSPS) is 15.7. The van der Waals surface area contributed by atoms with Crippen LogP contribution in [0.5, 0.6) is 0 Å². The average Bonchev–Trinajstić information content (AvgIpc) is 3.45. The lowest BCUT2D eigenvalue weighted by atomic mass is 9.84. The number of nitrogens with zero attached hydrogens (tertiary/aromatic N) is 5. The summed E-state index contributed by atoms with van der Waals surface area (Å²) in [4.78, 5) is 55.0. The molecule has 11 heteroatoms. The summed E-state index contributed by atoms with van der Waals surface area (Å²) in [5, 5.41) is 25.8. The number of aliphatic hydroxyl groups excluding tert-OH is 1. The molecule has 4 amide bonds. The van der Waals surface area contributed by atoms with Crippen molar-refractivity contribution in [3.05, 3.63) is 120 Å². The number of aliphatic hydroxyl groups is 1. The van der Waals surface area contributed by atoms with Crippen molar-refractivity contribution in [2.45, 2.75) is 104 Å². The molecular weight excluding hydrogens is 693 g/mol. The Bertz CT molecular complexity index is 1890. The largest absolute Gasteiger partial charge is 0.465 e. The highest BCUT2D eigenvalue weighted by atomic mass is 16.4. The number of nitrogens with one attached hydrogen (secondary N) is 1. The van der Waals surface area contributed by atoms with Crippen LogP contribution in [0.15, 0.2) is 97.2 Å². The molecule has 292 valence electrons. The van der Waals surface area contributed by atoms with Gasteiger partial charge >= 0.3 is 12.1 Å². The van der Waals surface area contributed by atoms with Crippen molar-refractivity contribution in [3.63, 3.8) is 0 Å². The van der Waals surface area contributed by atoms with Crippen molar-refractivity contribution in [3.8, 4) is 11.3 Å². The molecule has 1 aliphatic heterocycles. The molecule has 0 aliphatic carbocycles. The molecule has 1 aliphatic rings. The molecule has 0 unspecified atom stereocenters. The summed E-state index contributed by atoms with van der Waals surface area (Å²) in [6.07, 6.45) is 0.179. The van der Waals surface area contributed by atoms with Crippen molar-refractivity contribution in [1.82, 2.24) is 30.0 Å². The molecule has 5 rings (SSSR count). The van der Waals surface area contributed by atoms with Crippen LogP contribution in [0, 0.1) is 12.3 Å². The second-order valence-electron chi connectivity index (χ2n) is 16.6. The monoisotopic (exact) mass is 748 g/mol. The summed E-state index contributed by atoms with van der Waals surface area (Å²) in [5.74, 6) is -0.329. The number of hydrogen-bond donors (Lipinski definition) is 3. The molecule has 11 nitrogen and oxygen atoms in total. The maximum Gasteiger partial charge on any atom is 0.408 e. The van der Waals surface area contributed by atoms with E-state index in [1.54, 1.807) is 16.0 Å². The van der Waals surface area contributed by atoms with Crippen molar-refractivity contribution in [2.75, 3.05) is 13.1 Å². The van der Waals surface area contributed by atoms with Gasteiger partial charge in [0.05, 0.1) is 30.1 Å². The molecule has 0 saturated carbocycles. The minimum absolute atomic E-state index is 0.0705. The first-order valence-electron chi connectivity index (χ1n) is 19.0. The zero-order chi connectivity index (χ0) is 39.9. The van der Waals surface area contributed by atoms with Crippen LogP contribution in [0.2, 0.25) is 0 Å². The molecule has 4 aromatic rings. The van der Waals surface area contributed by atoms with Crippen molar-refractivity contribution >= 4 is 18.0 Å². The summed E-state index contributed by atoms with van der Waals surface area (Å²) in [7, 11) is 0. The third-order valence-corrected chi connectivity index (χ3v) is 10.1. The maximum atomic E-state index is 14.6. The molecule has 3 heterocycles. The van der Waals surface area contributed by atoms with E-state index < -0.39 is 41.3 Å². The highest BCUT2D eigenvalue weighted by Gasteiger charge is 2.44. The molecule has 3 N–H and O–H groups in total. The fourth-order valence-electron chi connectivity index (χ4n) is 7.61. The van der Waals surface area contributed by atoms with E-state index >= 15 is 0 Å². The number of benzene rings is 2. The number of hydrogen-bond acceptors (Lipinski definition) is 6. The minimum atomic E-state index is -1.15. The highest BCUT2D eigenvalue weighted by molar-refractivity contribution is 5.89. The number of carboxylic acid groups (broad SMARTS) is 1. The molecule has 2 aromatic heterocycles. The first kappa shape index (κ1) is 40.9. The Balaban J connectivity index is 1.44. The Morgan fingerprint density at radius 3 is 2.13 bits per heavy atom. The van der Waals surface area contributed by atoms with E-state index in [2.05, 4.69) is 15.3 Å². The molecule has 4 atom stereocenters. The topological polar surface area (TPSA) is 139 Å². The third-order valence-electron chi connectivity index (χ3n) is 10.1. The highest BCUT2D eigenvalue weighted by Crippen LogP contribution is 2.30. The van der Waals surface area contributed by atoms with Gasteiger partial charge in [-0.05, 0) is 87.8 Å². The Morgan fingerprint density at radius 2 is 1.53 bits per heavy atom. The number of aromatic nitrogens is 2. The van der Waals surface area contributed by atoms with E-state index in [9.17, 15) is 24.6 Å². The summed E-state index contributed by atoms with van der Waals surface area (Å²) < 4.78 is 0. The van der Waals surface area contributed by atoms with Crippen LogP contribution in [0.1, 0.15) is 70.5 Å². The Morgan fingerprint density at radius 1 is 0.855 bits per heavy atom. The van der Waals surface area contributed by atoms with Crippen molar-refractivity contribution in [2.24, 2.45) is 5.41 Å². The number of urea groups is 1. The van der Waals surface area contributed by atoms with E-state index in [4.69, 9.17) is 0 Å². The van der Waals surface area contributed by atoms with E-state index in [0.717, 1.165) is 33.8 Å². The quantitative estimate of drug-likeness (QED) is 0.127. The third kappa shape index (κ3) is 10.7. The Kier molecular flexibility index (Phi) is 13.0. The van der Waals surface area contributed by atoms with Gasteiger partial charge in [0, 0.05) is 42.1 Å². The van der Waals surface area contributed by atoms with Crippen LogP contribution in [0.3, 0.4) is 0 Å². The maximum absolute atomic E-state index is 14.6. The van der Waals surface area contributed by atoms with Crippen LogP contribution in [0.4, 0.5) is 9.59 Å². The standard InChI is InChI=1S/C44H56N6O5/c1-30-14-13-17-34(46-30)29-48-24-25-49(41(48)53)39(43(2,3)4)40(52)47-35(26-32-19-21-33(22-20-32)36-18-11-12-23-45-36)28-38(51)37(27-31-15-9-8-10-16-31)50(42(54)55)44(5,6)7/h8-23,35,37-39,51H,24-29H2,1-7H3,(H,47,52)(H,54,55)/t35-,37+,38+,39-/m1/s1. The van der Waals surface area contributed by atoms with Crippen molar-refractivity contribution < 1.29 is 24.6 Å². The van der Waals surface area contributed by atoms with Gasteiger partial charge in [-0.25, -0.2) is 9.59 Å². The lowest BCUT2D eigenvalue weighted by Gasteiger charge is -2.43. The predicted octanol–water partition coefficient (Wildman–Crippen LogP) is 6.97. The average molecular weight is 749 g/mol. The molecule has 0 bridgehead atoms. The first-order chi connectivity index (χ1) is 26.0. The minimum Gasteiger partial charge on any atom is -0.465 e. The van der Waals surface area contributed by atoms with Crippen LogP contribution >= 0.6 is 0 Å². The molecule has 0 radical (unpaired) electrons. The zero-order valence-corrected chi connectivity index (χ0v) is 33.1. The van der Waals surface area contributed by atoms with Crippen molar-refractivity contribution in [1.29, 1.82) is 0 Å². The summed E-state index contributed by atoms with van der Waals surface area (Å²) in [6.45, 7) is 14.4. The molecular formula is C44H56N6O5. The zero-order valence-electron chi connectivity index (χ0n) is 33.1. The van der Waals surface area contributed by atoms with E-state index in [1.165, 1.54) is 4.90 Å². The molecule has 2 aromatic carbocycles. The molecule has 1 saturated heterocycles. The predicted molar refractivity (Wildman–Crippen MR) is 214 cm³/mol. The number of aryl methyl sites for hydroxylation is 1. The fraction of sp³-hybridized carbons (Fsp3) is 0.432.